The summed E-state index contributed by atoms with van der Waals surface area (Å²) in [6.45, 7) is 2.55. The third-order valence-corrected chi connectivity index (χ3v) is 13.0. The molecule has 2 fully saturated rings. The van der Waals surface area contributed by atoms with Gasteiger partial charge in [0.05, 0.1) is 11.9 Å². The van der Waals surface area contributed by atoms with Crippen molar-refractivity contribution in [3.8, 4) is 0 Å². The summed E-state index contributed by atoms with van der Waals surface area (Å²) in [7, 11) is -0.0445. The number of hydrogen-bond donors (Lipinski definition) is 3. The zero-order valence-corrected chi connectivity index (χ0v) is 34.9. The van der Waals surface area contributed by atoms with Gasteiger partial charge in [0.1, 0.15) is 17.4 Å². The number of nitrogens with zero attached hydrogens (tertiary/aromatic N) is 6. The van der Waals surface area contributed by atoms with E-state index in [1.165, 1.54) is 7.05 Å². The fourth-order valence-corrected chi connectivity index (χ4v) is 8.60. The summed E-state index contributed by atoms with van der Waals surface area (Å²) in [5, 5.41) is 8.09. The number of alkyl halides is 3. The van der Waals surface area contributed by atoms with Crippen molar-refractivity contribution in [1.82, 2.24) is 25.1 Å². The standard InChI is InChI=1S/C40H43BrF3N9O5S/c1-50(22-26-18-25-23-53(38(56)31(25)19-33(26)41)34-11-12-35(54)48-37(34)55)28-13-15-52(16-14-28)29-9-7-27(8-10-29)47-39-46-21-32(40(42,43)44)36(49-39)45-20-24-5-4-6-30(17-24)51(2)59(3,57)58/h4-10,17-19,21,28,34H,11-16,20,22-23H2,1-3H3,(H,48,54,55)(H2,45,46,47,49). The summed E-state index contributed by atoms with van der Waals surface area (Å²) in [5.41, 5.74) is 3.95. The molecule has 4 aromatic rings. The number of benzene rings is 3. The number of hydrogen-bond acceptors (Lipinski definition) is 11. The van der Waals surface area contributed by atoms with Crippen molar-refractivity contribution in [2.45, 2.75) is 63.6 Å². The van der Waals surface area contributed by atoms with E-state index in [2.05, 4.69) is 58.7 Å². The molecule has 0 spiro atoms. The molecule has 1 atom stereocenters. The monoisotopic (exact) mass is 897 g/mol. The number of imide groups is 1. The Bertz CT molecular complexity index is 2380. The summed E-state index contributed by atoms with van der Waals surface area (Å²) < 4.78 is 67.6. The van der Waals surface area contributed by atoms with Gasteiger partial charge in [-0.15, -0.1) is 0 Å². The SMILES string of the molecule is CN(Cc1cc2c(cc1Br)C(=O)N(C1CCC(=O)NC1=O)C2)C1CCN(c2ccc(Nc3ncc(C(F)(F)F)c(NCc4cccc(N(C)S(C)(=O)=O)c4)n3)cc2)CC1. The van der Waals surface area contributed by atoms with Crippen LogP contribution in [0.3, 0.4) is 0 Å². The lowest BCUT2D eigenvalue weighted by Crippen LogP contribution is -2.52. The van der Waals surface area contributed by atoms with Gasteiger partial charge in [-0.25, -0.2) is 13.4 Å². The Kier molecular flexibility index (Phi) is 11.9. The molecule has 3 N–H and O–H groups in total. The van der Waals surface area contributed by atoms with E-state index in [0.29, 0.717) is 48.1 Å². The zero-order chi connectivity index (χ0) is 42.2. The molecular weight excluding hydrogens is 855 g/mol. The second-order valence-corrected chi connectivity index (χ2v) is 17.9. The molecule has 0 saturated carbocycles. The molecular formula is C40H43BrF3N9O5S. The number of amides is 3. The topological polar surface area (TPSA) is 160 Å². The molecule has 0 radical (unpaired) electrons. The van der Waals surface area contributed by atoms with Gasteiger partial charge in [0.25, 0.3) is 5.91 Å². The molecule has 0 aliphatic carbocycles. The van der Waals surface area contributed by atoms with Crippen LogP contribution in [0, 0.1) is 0 Å². The second-order valence-electron chi connectivity index (χ2n) is 15.0. The van der Waals surface area contributed by atoms with E-state index in [4.69, 9.17) is 0 Å². The highest BCUT2D eigenvalue weighted by atomic mass is 79.9. The van der Waals surface area contributed by atoms with Gasteiger partial charge in [-0.3, -0.25) is 28.9 Å². The number of sulfonamides is 1. The normalized spacial score (nSPS) is 17.6. The molecule has 7 rings (SSSR count). The smallest absolute Gasteiger partial charge is 0.371 e. The number of aromatic nitrogens is 2. The molecule has 2 saturated heterocycles. The summed E-state index contributed by atoms with van der Waals surface area (Å²) in [5.74, 6) is -1.41. The van der Waals surface area contributed by atoms with Gasteiger partial charge in [0.2, 0.25) is 27.8 Å². The van der Waals surface area contributed by atoms with Gasteiger partial charge >= 0.3 is 6.18 Å². The van der Waals surface area contributed by atoms with E-state index < -0.39 is 39.5 Å². The van der Waals surface area contributed by atoms with E-state index in [1.54, 1.807) is 29.2 Å². The minimum Gasteiger partial charge on any atom is -0.371 e. The summed E-state index contributed by atoms with van der Waals surface area (Å²) >= 11 is 3.67. The number of halogens is 4. The Morgan fingerprint density at radius 1 is 1.00 bits per heavy atom. The Morgan fingerprint density at radius 3 is 2.41 bits per heavy atom. The highest BCUT2D eigenvalue weighted by Crippen LogP contribution is 2.36. The highest BCUT2D eigenvalue weighted by molar-refractivity contribution is 9.10. The Balaban J connectivity index is 0.939. The first-order valence-electron chi connectivity index (χ1n) is 18.9. The van der Waals surface area contributed by atoms with Crippen LogP contribution in [0.25, 0.3) is 0 Å². The lowest BCUT2D eigenvalue weighted by atomic mass is 10.0. The van der Waals surface area contributed by atoms with Crippen LogP contribution >= 0.6 is 15.9 Å². The average Bonchev–Trinajstić information content (AvgIpc) is 3.50. The van der Waals surface area contributed by atoms with Gasteiger partial charge in [-0.1, -0.05) is 34.1 Å². The van der Waals surface area contributed by atoms with E-state index >= 15 is 0 Å². The first-order valence-corrected chi connectivity index (χ1v) is 21.6. The molecule has 3 amide bonds. The van der Waals surface area contributed by atoms with Crippen LogP contribution in [-0.4, -0.2) is 91.4 Å². The van der Waals surface area contributed by atoms with Crippen LogP contribution in [0.5, 0.6) is 0 Å². The number of carbonyl (C=O) groups is 3. The molecule has 3 aromatic carbocycles. The lowest BCUT2D eigenvalue weighted by Gasteiger charge is -2.38. The minimum atomic E-state index is -4.72. The molecule has 14 nitrogen and oxygen atoms in total. The van der Waals surface area contributed by atoms with E-state index in [0.717, 1.165) is 64.0 Å². The highest BCUT2D eigenvalue weighted by Gasteiger charge is 2.40. The fraction of sp³-hybridized carbons (Fsp3) is 0.375. The summed E-state index contributed by atoms with van der Waals surface area (Å²) in [6, 6.07) is 17.5. The van der Waals surface area contributed by atoms with Crippen molar-refractivity contribution in [2.24, 2.45) is 0 Å². The van der Waals surface area contributed by atoms with Crippen LogP contribution in [0.4, 0.5) is 42.0 Å². The minimum absolute atomic E-state index is 0.0316. The zero-order valence-electron chi connectivity index (χ0n) is 32.5. The summed E-state index contributed by atoms with van der Waals surface area (Å²) in [6.07, 6.45) is -0.589. The molecule has 19 heteroatoms. The first kappa shape index (κ1) is 41.9. The number of anilines is 5. The summed E-state index contributed by atoms with van der Waals surface area (Å²) in [4.78, 5) is 51.6. The van der Waals surface area contributed by atoms with Crippen molar-refractivity contribution in [3.05, 3.63) is 99.2 Å². The molecule has 4 heterocycles. The Hall–Kier alpha value is -5.27. The van der Waals surface area contributed by atoms with Crippen LogP contribution in [0.15, 0.2) is 71.3 Å². The second kappa shape index (κ2) is 16.8. The predicted molar refractivity (Wildman–Crippen MR) is 221 cm³/mol. The maximum Gasteiger partial charge on any atom is 0.421 e. The first-order chi connectivity index (χ1) is 27.9. The predicted octanol–water partition coefficient (Wildman–Crippen LogP) is 5.87. The van der Waals surface area contributed by atoms with Crippen molar-refractivity contribution >= 4 is 72.5 Å². The average molecular weight is 899 g/mol. The van der Waals surface area contributed by atoms with Gasteiger partial charge in [-0.2, -0.15) is 18.2 Å². The molecule has 1 aromatic heterocycles. The molecule has 312 valence electrons. The third kappa shape index (κ3) is 9.47. The number of nitrogens with one attached hydrogen (secondary N) is 3. The van der Waals surface area contributed by atoms with Crippen molar-refractivity contribution < 1.29 is 36.0 Å². The maximum atomic E-state index is 13.9. The third-order valence-electron chi connectivity index (χ3n) is 11.0. The van der Waals surface area contributed by atoms with E-state index in [1.807, 2.05) is 36.4 Å². The largest absolute Gasteiger partial charge is 0.421 e. The fourth-order valence-electron chi connectivity index (χ4n) is 7.63. The number of carbonyl (C=O) groups excluding carboxylic acids is 3. The van der Waals surface area contributed by atoms with E-state index in [9.17, 15) is 36.0 Å². The van der Waals surface area contributed by atoms with Crippen LogP contribution in [-0.2, 0) is 45.4 Å². The maximum absolute atomic E-state index is 13.9. The molecule has 1 unspecified atom stereocenters. The quantitative estimate of drug-likeness (QED) is 0.146. The molecule has 59 heavy (non-hydrogen) atoms. The number of rotatable bonds is 12. The van der Waals surface area contributed by atoms with Gasteiger partial charge in [0, 0.05) is 79.8 Å². The Labute approximate surface area is 348 Å². The molecule has 3 aliphatic rings. The molecule has 3 aliphatic heterocycles. The van der Waals surface area contributed by atoms with Crippen LogP contribution in [0.2, 0.25) is 0 Å². The van der Waals surface area contributed by atoms with Gasteiger partial charge < -0.3 is 20.4 Å². The molecule has 0 bridgehead atoms. The van der Waals surface area contributed by atoms with Gasteiger partial charge in [0.15, 0.2) is 0 Å². The van der Waals surface area contributed by atoms with Crippen molar-refractivity contribution in [3.63, 3.8) is 0 Å². The Morgan fingerprint density at radius 2 is 1.73 bits per heavy atom. The van der Waals surface area contributed by atoms with Crippen molar-refractivity contribution in [1.29, 1.82) is 0 Å². The number of piperidine rings is 2. The van der Waals surface area contributed by atoms with Crippen molar-refractivity contribution in [2.75, 3.05) is 53.3 Å². The number of fused-ring (bicyclic) bond motifs is 1. The van der Waals surface area contributed by atoms with Crippen LogP contribution < -0.4 is 25.2 Å². The van der Waals surface area contributed by atoms with E-state index in [-0.39, 0.29) is 30.7 Å². The van der Waals surface area contributed by atoms with Gasteiger partial charge in [-0.05, 0) is 85.5 Å². The van der Waals surface area contributed by atoms with Crippen LogP contribution in [0.1, 0.15) is 58.3 Å². The lowest BCUT2D eigenvalue weighted by molar-refractivity contribution is -0.138.